The molecule has 2 heterocycles. The van der Waals surface area contributed by atoms with Gasteiger partial charge < -0.3 is 9.84 Å². The van der Waals surface area contributed by atoms with E-state index in [0.717, 1.165) is 12.1 Å². The van der Waals surface area contributed by atoms with Crippen molar-refractivity contribution in [1.29, 1.82) is 0 Å². The van der Waals surface area contributed by atoms with Gasteiger partial charge in [0.25, 0.3) is 0 Å². The molecule has 0 spiro atoms. The first-order chi connectivity index (χ1) is 13.9. The third-order valence-electron chi connectivity index (χ3n) is 3.91. The van der Waals surface area contributed by atoms with Gasteiger partial charge in [-0.15, -0.1) is 5.10 Å². The Morgan fingerprint density at radius 1 is 1.10 bits per heavy atom. The van der Waals surface area contributed by atoms with Crippen molar-refractivity contribution in [3.63, 3.8) is 0 Å². The predicted octanol–water partition coefficient (Wildman–Crippen LogP) is 3.48. The minimum atomic E-state index is -4.48. The lowest BCUT2D eigenvalue weighted by atomic mass is 10.1. The quantitative estimate of drug-likeness (QED) is 0.508. The van der Waals surface area contributed by atoms with Crippen LogP contribution in [0.4, 0.5) is 23.2 Å². The number of nitrogens with one attached hydrogen (secondary N) is 1. The van der Waals surface area contributed by atoms with Gasteiger partial charge in [-0.25, -0.2) is 9.07 Å². The van der Waals surface area contributed by atoms with E-state index in [4.69, 9.17) is 4.52 Å². The van der Waals surface area contributed by atoms with Gasteiger partial charge in [0, 0.05) is 5.56 Å². The summed E-state index contributed by atoms with van der Waals surface area (Å²) in [7, 11) is 0. The van der Waals surface area contributed by atoms with E-state index in [1.54, 1.807) is 0 Å². The second-order valence-corrected chi connectivity index (χ2v) is 5.86. The molecule has 0 aliphatic carbocycles. The molecule has 0 aliphatic heterocycles. The van der Waals surface area contributed by atoms with Gasteiger partial charge >= 0.3 is 6.18 Å². The van der Waals surface area contributed by atoms with Crippen molar-refractivity contribution >= 4 is 5.69 Å². The van der Waals surface area contributed by atoms with E-state index in [9.17, 15) is 17.6 Å². The van der Waals surface area contributed by atoms with Crippen molar-refractivity contribution in [3.05, 3.63) is 66.1 Å². The highest BCUT2D eigenvalue weighted by atomic mass is 19.4. The average molecular weight is 405 g/mol. The Labute approximate surface area is 160 Å². The summed E-state index contributed by atoms with van der Waals surface area (Å²) in [6.07, 6.45) is -3.12. The van der Waals surface area contributed by atoms with Crippen molar-refractivity contribution in [3.8, 4) is 17.1 Å². The van der Waals surface area contributed by atoms with E-state index < -0.39 is 17.6 Å². The lowest BCUT2D eigenvalue weighted by Crippen LogP contribution is -2.05. The summed E-state index contributed by atoms with van der Waals surface area (Å²) >= 11 is 0. The van der Waals surface area contributed by atoms with Crippen molar-refractivity contribution in [2.75, 3.05) is 5.32 Å². The summed E-state index contributed by atoms with van der Waals surface area (Å²) < 4.78 is 59.0. The van der Waals surface area contributed by atoms with Gasteiger partial charge in [0.05, 0.1) is 23.5 Å². The topological polar surface area (TPSA) is 94.6 Å². The number of rotatable bonds is 5. The van der Waals surface area contributed by atoms with Crippen LogP contribution in [-0.2, 0) is 12.7 Å². The molecule has 0 atom stereocenters. The van der Waals surface area contributed by atoms with Crippen LogP contribution in [-0.4, -0.2) is 30.3 Å². The molecule has 4 aromatic rings. The van der Waals surface area contributed by atoms with Crippen LogP contribution in [0, 0.1) is 5.82 Å². The second-order valence-electron chi connectivity index (χ2n) is 5.86. The summed E-state index contributed by atoms with van der Waals surface area (Å²) in [6.45, 7) is -0.0397. The molecule has 1 N–H and O–H groups in total. The van der Waals surface area contributed by atoms with Gasteiger partial charge in [-0.05, 0) is 40.8 Å². The molecule has 0 saturated heterocycles. The highest BCUT2D eigenvalue weighted by Gasteiger charge is 2.30. The fraction of sp³-hybridized carbons (Fsp3) is 0.118. The normalized spacial score (nSPS) is 11.6. The van der Waals surface area contributed by atoms with Crippen LogP contribution in [0.3, 0.4) is 0 Å². The molecule has 148 valence electrons. The van der Waals surface area contributed by atoms with Crippen LogP contribution >= 0.6 is 0 Å². The summed E-state index contributed by atoms with van der Waals surface area (Å²) in [4.78, 5) is 4.05. The van der Waals surface area contributed by atoms with Crippen molar-refractivity contribution in [1.82, 2.24) is 30.3 Å². The number of tetrazole rings is 1. The predicted molar refractivity (Wildman–Crippen MR) is 91.2 cm³/mol. The van der Waals surface area contributed by atoms with Crippen molar-refractivity contribution in [2.24, 2.45) is 0 Å². The van der Waals surface area contributed by atoms with Gasteiger partial charge in [0.1, 0.15) is 12.1 Å². The molecular weight excluding hydrogens is 394 g/mol. The monoisotopic (exact) mass is 405 g/mol. The highest BCUT2D eigenvalue weighted by Crippen LogP contribution is 2.31. The molecule has 0 radical (unpaired) electrons. The first-order valence-corrected chi connectivity index (χ1v) is 8.17. The van der Waals surface area contributed by atoms with E-state index in [1.165, 1.54) is 41.3 Å². The third kappa shape index (κ3) is 4.05. The van der Waals surface area contributed by atoms with E-state index in [2.05, 4.69) is 31.0 Å². The molecule has 0 bridgehead atoms. The highest BCUT2D eigenvalue weighted by molar-refractivity contribution is 5.56. The number of anilines is 1. The van der Waals surface area contributed by atoms with E-state index in [1.807, 2.05) is 0 Å². The minimum Gasteiger partial charge on any atom is -0.374 e. The molecular formula is C17H11F4N7O. The number of hydrogen-bond acceptors (Lipinski definition) is 7. The molecule has 12 heteroatoms. The van der Waals surface area contributed by atoms with E-state index in [0.29, 0.717) is 5.69 Å². The zero-order valence-electron chi connectivity index (χ0n) is 14.4. The first kappa shape index (κ1) is 18.5. The molecule has 0 aliphatic rings. The summed E-state index contributed by atoms with van der Waals surface area (Å²) in [5, 5.41) is 17.2. The molecule has 0 fully saturated rings. The Kier molecular flexibility index (Phi) is 4.66. The van der Waals surface area contributed by atoms with E-state index >= 15 is 0 Å². The zero-order valence-corrected chi connectivity index (χ0v) is 14.4. The molecule has 0 saturated carbocycles. The van der Waals surface area contributed by atoms with Crippen LogP contribution in [0.15, 0.2) is 53.3 Å². The lowest BCUT2D eigenvalue weighted by molar-refractivity contribution is -0.137. The maximum absolute atomic E-state index is 14.0. The molecule has 0 amide bonds. The molecule has 0 unspecified atom stereocenters. The molecule has 29 heavy (non-hydrogen) atoms. The maximum atomic E-state index is 14.0. The smallest absolute Gasteiger partial charge is 0.374 e. The average Bonchev–Trinajstić information content (AvgIpc) is 3.39. The van der Waals surface area contributed by atoms with Gasteiger partial charge in [0.2, 0.25) is 11.7 Å². The number of nitrogens with zero attached hydrogens (tertiary/aromatic N) is 6. The Balaban J connectivity index is 1.50. The summed E-state index contributed by atoms with van der Waals surface area (Å²) in [5.74, 6) is -0.458. The second kappa shape index (κ2) is 7.30. The molecule has 2 aromatic heterocycles. The van der Waals surface area contributed by atoms with Crippen LogP contribution < -0.4 is 5.32 Å². The largest absolute Gasteiger partial charge is 0.416 e. The number of hydrogen-bond donors (Lipinski definition) is 1. The maximum Gasteiger partial charge on any atom is 0.416 e. The number of halogens is 4. The standard InChI is InChI=1S/C17H11F4N7O/c18-13-5-4-12(28-9-23-26-27-28)7-14(13)22-8-15-24-16(25-29-15)10-2-1-3-11(6-10)17(19,20)21/h1-7,9,22H,8H2. The zero-order chi connectivity index (χ0) is 20.4. The van der Waals surface area contributed by atoms with Gasteiger partial charge in [-0.1, -0.05) is 17.3 Å². The van der Waals surface area contributed by atoms with Crippen LogP contribution in [0.5, 0.6) is 0 Å². The summed E-state index contributed by atoms with van der Waals surface area (Å²) in [5.41, 5.74) is -0.00597. The SMILES string of the molecule is Fc1ccc(-n2cnnn2)cc1NCc1nc(-c2cccc(C(F)(F)F)c2)no1. The number of alkyl halides is 3. The third-order valence-corrected chi connectivity index (χ3v) is 3.91. The minimum absolute atomic E-state index is 0.00388. The Morgan fingerprint density at radius 2 is 1.97 bits per heavy atom. The van der Waals surface area contributed by atoms with Crippen LogP contribution in [0.2, 0.25) is 0 Å². The van der Waals surface area contributed by atoms with Gasteiger partial charge in [0.15, 0.2) is 0 Å². The molecule has 8 nitrogen and oxygen atoms in total. The molecule has 2 aromatic carbocycles. The van der Waals surface area contributed by atoms with Crippen molar-refractivity contribution < 1.29 is 22.1 Å². The first-order valence-electron chi connectivity index (χ1n) is 8.17. The van der Waals surface area contributed by atoms with Gasteiger partial charge in [-0.3, -0.25) is 0 Å². The Morgan fingerprint density at radius 3 is 2.72 bits per heavy atom. The fourth-order valence-corrected chi connectivity index (χ4v) is 2.52. The van der Waals surface area contributed by atoms with Gasteiger partial charge in [-0.2, -0.15) is 18.2 Å². The number of aromatic nitrogens is 6. The van der Waals surface area contributed by atoms with Crippen LogP contribution in [0.1, 0.15) is 11.5 Å². The molecule has 4 rings (SSSR count). The summed E-state index contributed by atoms with van der Waals surface area (Å²) in [6, 6.07) is 8.79. The van der Waals surface area contributed by atoms with E-state index in [-0.39, 0.29) is 29.5 Å². The Bertz CT molecular complexity index is 1130. The van der Waals surface area contributed by atoms with Crippen LogP contribution in [0.25, 0.3) is 17.1 Å². The van der Waals surface area contributed by atoms with Crippen molar-refractivity contribution in [2.45, 2.75) is 12.7 Å². The lowest BCUT2D eigenvalue weighted by Gasteiger charge is -2.07. The fourth-order valence-electron chi connectivity index (χ4n) is 2.52. The Hall–Kier alpha value is -3.83. The number of benzene rings is 2.